The highest BCUT2D eigenvalue weighted by molar-refractivity contribution is 8.00. The van der Waals surface area contributed by atoms with Crippen molar-refractivity contribution in [3.8, 4) is 6.07 Å². The number of halogens is 3. The van der Waals surface area contributed by atoms with Crippen LogP contribution in [0.4, 0.5) is 24.0 Å². The Hall–Kier alpha value is -3.10. The fraction of sp³-hybridized carbons (Fsp3) is 0.111. The number of aromatic nitrogens is 2. The molecule has 0 aliphatic carbocycles. The van der Waals surface area contributed by atoms with Crippen molar-refractivity contribution in [2.45, 2.75) is 16.3 Å². The highest BCUT2D eigenvalue weighted by Crippen LogP contribution is 2.35. The second-order valence-electron chi connectivity index (χ2n) is 5.72. The monoisotopic (exact) mass is 435 g/mol. The van der Waals surface area contributed by atoms with Crippen molar-refractivity contribution in [3.63, 3.8) is 0 Å². The zero-order valence-corrected chi connectivity index (χ0v) is 16.2. The molecule has 1 heterocycles. The van der Waals surface area contributed by atoms with Crippen LogP contribution in [0.1, 0.15) is 27.0 Å². The van der Waals surface area contributed by atoms with Crippen LogP contribution >= 0.6 is 23.1 Å². The minimum atomic E-state index is -4.70. The Morgan fingerprint density at radius 2 is 1.93 bits per heavy atom. The molecule has 1 amide bonds. The summed E-state index contributed by atoms with van der Waals surface area (Å²) in [5.41, 5.74) is 5.00. The summed E-state index contributed by atoms with van der Waals surface area (Å²) in [7, 11) is 0. The average molecular weight is 435 g/mol. The average Bonchev–Trinajstić information content (AvgIpc) is 3.11. The highest BCUT2D eigenvalue weighted by Gasteiger charge is 2.34. The van der Waals surface area contributed by atoms with Crippen LogP contribution in [0.3, 0.4) is 0 Å². The number of hydrogen-bond donors (Lipinski definition) is 2. The van der Waals surface area contributed by atoms with E-state index in [9.17, 15) is 18.0 Å². The smallest absolute Gasteiger partial charge is 0.374 e. The van der Waals surface area contributed by atoms with Gasteiger partial charge in [-0.2, -0.15) is 18.4 Å². The topological polar surface area (TPSA) is 105 Å². The zero-order chi connectivity index (χ0) is 21.0. The normalized spacial score (nSPS) is 11.1. The summed E-state index contributed by atoms with van der Waals surface area (Å²) in [4.78, 5) is 12.4. The number of nitrogen functional groups attached to an aromatic ring is 1. The van der Waals surface area contributed by atoms with Gasteiger partial charge in [-0.15, -0.1) is 10.2 Å². The fourth-order valence-electron chi connectivity index (χ4n) is 2.33. The van der Waals surface area contributed by atoms with Gasteiger partial charge in [0.2, 0.25) is 5.13 Å². The van der Waals surface area contributed by atoms with Gasteiger partial charge in [-0.1, -0.05) is 35.2 Å². The number of hydrogen-bond acceptors (Lipinski definition) is 7. The van der Waals surface area contributed by atoms with Gasteiger partial charge in [0, 0.05) is 11.3 Å². The molecule has 0 fully saturated rings. The molecule has 0 unspecified atom stereocenters. The van der Waals surface area contributed by atoms with Crippen LogP contribution in [0.2, 0.25) is 0 Å². The predicted molar refractivity (Wildman–Crippen MR) is 104 cm³/mol. The fourth-order valence-corrected chi connectivity index (χ4v) is 3.92. The third kappa shape index (κ3) is 5.24. The molecule has 0 saturated carbocycles. The lowest BCUT2D eigenvalue weighted by Crippen LogP contribution is -2.17. The van der Waals surface area contributed by atoms with E-state index in [1.54, 1.807) is 18.2 Å². The van der Waals surface area contributed by atoms with Crippen LogP contribution in [-0.2, 0) is 11.9 Å². The van der Waals surface area contributed by atoms with Gasteiger partial charge >= 0.3 is 6.18 Å². The van der Waals surface area contributed by atoms with E-state index in [4.69, 9.17) is 11.0 Å². The summed E-state index contributed by atoms with van der Waals surface area (Å²) >= 11 is 2.70. The first-order valence-electron chi connectivity index (χ1n) is 7.99. The molecule has 3 aromatic rings. The first-order valence-corrected chi connectivity index (χ1v) is 9.80. The number of carbonyl (C=O) groups is 1. The van der Waals surface area contributed by atoms with E-state index in [0.29, 0.717) is 21.3 Å². The minimum Gasteiger partial charge on any atom is -0.374 e. The third-order valence-corrected chi connectivity index (χ3v) is 5.66. The van der Waals surface area contributed by atoms with Gasteiger partial charge in [0.05, 0.1) is 22.9 Å². The van der Waals surface area contributed by atoms with Crippen LogP contribution in [0.25, 0.3) is 0 Å². The van der Waals surface area contributed by atoms with E-state index in [0.717, 1.165) is 11.6 Å². The van der Waals surface area contributed by atoms with E-state index in [-0.39, 0.29) is 11.1 Å². The molecule has 2 aromatic carbocycles. The van der Waals surface area contributed by atoms with Crippen molar-refractivity contribution in [2.75, 3.05) is 11.1 Å². The maximum absolute atomic E-state index is 13.2. The molecule has 6 nitrogen and oxygen atoms in total. The van der Waals surface area contributed by atoms with Gasteiger partial charge in [-0.3, -0.25) is 4.79 Å². The van der Waals surface area contributed by atoms with Gasteiger partial charge in [0.15, 0.2) is 4.34 Å². The molecule has 0 bridgehead atoms. The second kappa shape index (κ2) is 8.50. The van der Waals surface area contributed by atoms with Gasteiger partial charge in [-0.25, -0.2) is 0 Å². The Balaban J connectivity index is 1.70. The molecule has 29 heavy (non-hydrogen) atoms. The molecule has 3 N–H and O–H groups in total. The van der Waals surface area contributed by atoms with Crippen molar-refractivity contribution in [2.24, 2.45) is 0 Å². The molecule has 148 valence electrons. The summed E-state index contributed by atoms with van der Waals surface area (Å²) in [5, 5.41) is 19.0. The molecule has 0 aliphatic heterocycles. The number of amides is 1. The summed E-state index contributed by atoms with van der Waals surface area (Å²) < 4.78 is 40.4. The van der Waals surface area contributed by atoms with Crippen LogP contribution in [-0.4, -0.2) is 16.1 Å². The lowest BCUT2D eigenvalue weighted by atomic mass is 10.1. The summed E-state index contributed by atoms with van der Waals surface area (Å²) in [6.07, 6.45) is -4.70. The number of alkyl halides is 3. The number of benzene rings is 2. The predicted octanol–water partition coefficient (Wildman–Crippen LogP) is 4.56. The van der Waals surface area contributed by atoms with E-state index >= 15 is 0 Å². The number of nitrogens with zero attached hydrogens (tertiary/aromatic N) is 3. The number of anilines is 2. The number of nitriles is 1. The Morgan fingerprint density at radius 3 is 2.52 bits per heavy atom. The van der Waals surface area contributed by atoms with E-state index in [1.807, 2.05) is 0 Å². The Kier molecular flexibility index (Phi) is 6.05. The van der Waals surface area contributed by atoms with Gasteiger partial charge in [0.25, 0.3) is 5.91 Å². The van der Waals surface area contributed by atoms with Crippen LogP contribution in [0, 0.1) is 11.3 Å². The first kappa shape index (κ1) is 20.6. The van der Waals surface area contributed by atoms with Crippen molar-refractivity contribution in [1.29, 1.82) is 5.26 Å². The van der Waals surface area contributed by atoms with Gasteiger partial charge in [-0.05, 0) is 35.9 Å². The number of rotatable bonds is 5. The number of thioether (sulfide) groups is 1. The minimum absolute atomic E-state index is 0.144. The lowest BCUT2D eigenvalue weighted by Gasteiger charge is -2.14. The Bertz CT molecular complexity index is 1070. The number of nitrogens with two attached hydrogens (primary N) is 1. The standard InChI is InChI=1S/C18H12F3N5OS2/c19-18(20,21)13-7-11(8-22)3-6-14(13)24-15(27)12-4-1-10(2-5-12)9-28-17-26-25-16(23)29-17/h1-7H,9H2,(H2,23,25)(H,24,27). The van der Waals surface area contributed by atoms with Crippen LogP contribution in [0.5, 0.6) is 0 Å². The highest BCUT2D eigenvalue weighted by atomic mass is 32.2. The van der Waals surface area contributed by atoms with E-state index in [2.05, 4.69) is 15.5 Å². The Morgan fingerprint density at radius 1 is 1.21 bits per heavy atom. The maximum atomic E-state index is 13.2. The molecule has 0 spiro atoms. The quantitative estimate of drug-likeness (QED) is 0.570. The summed E-state index contributed by atoms with van der Waals surface area (Å²) in [6.45, 7) is 0. The molecule has 0 saturated heterocycles. The Labute approximate surface area is 171 Å². The molecule has 0 radical (unpaired) electrons. The molecular formula is C18H12F3N5OS2. The second-order valence-corrected chi connectivity index (χ2v) is 7.95. The van der Waals surface area contributed by atoms with Gasteiger partial charge in [0.1, 0.15) is 0 Å². The largest absolute Gasteiger partial charge is 0.418 e. The van der Waals surface area contributed by atoms with E-state index in [1.165, 1.54) is 41.3 Å². The molecule has 1 aromatic heterocycles. The van der Waals surface area contributed by atoms with Crippen molar-refractivity contribution >= 4 is 39.8 Å². The third-order valence-electron chi connectivity index (χ3n) is 3.70. The SMILES string of the molecule is N#Cc1ccc(NC(=O)c2ccc(CSc3nnc(N)s3)cc2)c(C(F)(F)F)c1. The van der Waals surface area contributed by atoms with Crippen LogP contribution in [0.15, 0.2) is 46.8 Å². The molecular weight excluding hydrogens is 423 g/mol. The summed E-state index contributed by atoms with van der Waals surface area (Å²) in [5.74, 6) is -0.110. The van der Waals surface area contributed by atoms with Gasteiger partial charge < -0.3 is 11.1 Å². The molecule has 3 rings (SSSR count). The lowest BCUT2D eigenvalue weighted by molar-refractivity contribution is -0.136. The molecule has 11 heteroatoms. The van der Waals surface area contributed by atoms with Crippen molar-refractivity contribution in [1.82, 2.24) is 10.2 Å². The number of nitrogens with one attached hydrogen (secondary N) is 1. The molecule has 0 aliphatic rings. The zero-order valence-electron chi connectivity index (χ0n) is 14.5. The first-order chi connectivity index (χ1) is 13.8. The van der Waals surface area contributed by atoms with Crippen molar-refractivity contribution in [3.05, 3.63) is 64.7 Å². The number of carbonyl (C=O) groups excluding carboxylic acids is 1. The van der Waals surface area contributed by atoms with E-state index < -0.39 is 23.3 Å². The van der Waals surface area contributed by atoms with Crippen molar-refractivity contribution < 1.29 is 18.0 Å². The molecule has 0 atom stereocenters. The summed E-state index contributed by atoms with van der Waals surface area (Å²) in [6, 6.07) is 11.1. The van der Waals surface area contributed by atoms with Crippen LogP contribution < -0.4 is 11.1 Å². The maximum Gasteiger partial charge on any atom is 0.418 e.